The van der Waals surface area contributed by atoms with Gasteiger partial charge in [-0.2, -0.15) is 0 Å². The third-order valence-electron chi connectivity index (χ3n) is 1.33. The van der Waals surface area contributed by atoms with Crippen molar-refractivity contribution in [1.29, 1.82) is 0 Å². The third kappa shape index (κ3) is 0.958. The van der Waals surface area contributed by atoms with E-state index in [1.165, 1.54) is 6.34 Å². The van der Waals surface area contributed by atoms with Crippen molar-refractivity contribution in [3.05, 3.63) is 0 Å². The zero-order valence-electron chi connectivity index (χ0n) is 5.48. The topological polar surface area (TPSA) is 75.1 Å². The maximum atomic E-state index is 5.47. The quantitative estimate of drug-likeness (QED) is 0.456. The molecule has 0 aromatic rings. The van der Waals surface area contributed by atoms with E-state index in [1.54, 1.807) is 0 Å². The maximum absolute atomic E-state index is 5.47. The standard InChI is InChI=1S/C5H5N5S/c6-5-9-3-2(4(11)10-5)7-1-8-3/h1,5H,6H2,(H,10,11)/t5-/m0/s1. The number of aliphatic imine (C=N–C) groups is 3. The molecule has 0 amide bonds. The molecule has 2 heterocycles. The maximum Gasteiger partial charge on any atom is 0.181 e. The lowest BCUT2D eigenvalue weighted by Gasteiger charge is -2.17. The molecule has 56 valence electrons. The molecule has 2 aliphatic rings. The molecule has 0 saturated carbocycles. The number of nitrogens with zero attached hydrogens (tertiary/aromatic N) is 3. The van der Waals surface area contributed by atoms with Gasteiger partial charge in [0, 0.05) is 0 Å². The summed E-state index contributed by atoms with van der Waals surface area (Å²) in [5.74, 6) is 0.529. The van der Waals surface area contributed by atoms with Crippen LogP contribution in [0.2, 0.25) is 0 Å². The summed E-state index contributed by atoms with van der Waals surface area (Å²) >= 11 is 4.94. The van der Waals surface area contributed by atoms with E-state index in [-0.39, 0.29) is 0 Å². The van der Waals surface area contributed by atoms with Gasteiger partial charge in [0.05, 0.1) is 0 Å². The first-order chi connectivity index (χ1) is 5.27. The van der Waals surface area contributed by atoms with Crippen LogP contribution in [0.3, 0.4) is 0 Å². The molecule has 0 spiro atoms. The van der Waals surface area contributed by atoms with E-state index in [9.17, 15) is 0 Å². The van der Waals surface area contributed by atoms with E-state index in [0.717, 1.165) is 0 Å². The van der Waals surface area contributed by atoms with Gasteiger partial charge in [-0.25, -0.2) is 15.0 Å². The summed E-state index contributed by atoms with van der Waals surface area (Å²) in [4.78, 5) is 12.3. The zero-order valence-corrected chi connectivity index (χ0v) is 6.30. The van der Waals surface area contributed by atoms with Crippen molar-refractivity contribution in [3.8, 4) is 0 Å². The van der Waals surface area contributed by atoms with Crippen LogP contribution in [0.4, 0.5) is 0 Å². The van der Waals surface area contributed by atoms with Crippen molar-refractivity contribution in [3.63, 3.8) is 0 Å². The average molecular weight is 167 g/mol. The van der Waals surface area contributed by atoms with Gasteiger partial charge in [-0.3, -0.25) is 5.73 Å². The van der Waals surface area contributed by atoms with Crippen molar-refractivity contribution < 1.29 is 0 Å². The number of thiocarbonyl (C=S) groups is 1. The third-order valence-corrected chi connectivity index (χ3v) is 1.65. The molecule has 11 heavy (non-hydrogen) atoms. The molecule has 2 rings (SSSR count). The van der Waals surface area contributed by atoms with Crippen molar-refractivity contribution >= 4 is 35.1 Å². The minimum atomic E-state index is -0.480. The molecule has 0 aromatic carbocycles. The predicted octanol–water partition coefficient (Wildman–Crippen LogP) is -0.959. The van der Waals surface area contributed by atoms with E-state index in [4.69, 9.17) is 18.0 Å². The average Bonchev–Trinajstić information content (AvgIpc) is 2.34. The van der Waals surface area contributed by atoms with E-state index in [2.05, 4.69) is 20.3 Å². The summed E-state index contributed by atoms with van der Waals surface area (Å²) < 4.78 is 0. The molecule has 3 N–H and O–H groups in total. The molecule has 0 saturated heterocycles. The Morgan fingerprint density at radius 1 is 1.64 bits per heavy atom. The van der Waals surface area contributed by atoms with Crippen LogP contribution in [-0.4, -0.2) is 29.2 Å². The second-order valence-electron chi connectivity index (χ2n) is 2.09. The molecular formula is C5H5N5S. The Labute approximate surface area is 68.1 Å². The first-order valence-corrected chi connectivity index (χ1v) is 3.43. The smallest absolute Gasteiger partial charge is 0.181 e. The van der Waals surface area contributed by atoms with Gasteiger partial charge in [0.25, 0.3) is 0 Å². The van der Waals surface area contributed by atoms with Crippen LogP contribution in [0.15, 0.2) is 15.0 Å². The Morgan fingerprint density at radius 3 is 3.27 bits per heavy atom. The SMILES string of the molecule is N[C@H]1N=C2N=CN=C2C(=S)N1. The van der Waals surface area contributed by atoms with Crippen LogP contribution >= 0.6 is 12.2 Å². The van der Waals surface area contributed by atoms with Gasteiger partial charge < -0.3 is 5.32 Å². The second-order valence-corrected chi connectivity index (χ2v) is 2.50. The number of nitrogens with two attached hydrogens (primary N) is 1. The number of rotatable bonds is 0. The molecule has 6 heteroatoms. The fraction of sp³-hybridized carbons (Fsp3) is 0.200. The Balaban J connectivity index is 2.45. The summed E-state index contributed by atoms with van der Waals surface area (Å²) in [7, 11) is 0. The number of hydrogen-bond donors (Lipinski definition) is 2. The van der Waals surface area contributed by atoms with Crippen LogP contribution in [0.5, 0.6) is 0 Å². The minimum absolute atomic E-state index is 0.480. The van der Waals surface area contributed by atoms with Crippen molar-refractivity contribution in [2.45, 2.75) is 6.29 Å². The van der Waals surface area contributed by atoms with Crippen LogP contribution < -0.4 is 11.1 Å². The van der Waals surface area contributed by atoms with Gasteiger partial charge in [-0.15, -0.1) is 0 Å². The minimum Gasteiger partial charge on any atom is -0.341 e. The fourth-order valence-electron chi connectivity index (χ4n) is 0.882. The Kier molecular flexibility index (Phi) is 1.30. The summed E-state index contributed by atoms with van der Waals surface area (Å²) in [5.41, 5.74) is 6.08. The fourth-order valence-corrected chi connectivity index (χ4v) is 1.15. The van der Waals surface area contributed by atoms with Crippen molar-refractivity contribution in [1.82, 2.24) is 5.32 Å². The molecule has 0 fully saturated rings. The molecule has 0 radical (unpaired) electrons. The Morgan fingerprint density at radius 2 is 2.45 bits per heavy atom. The van der Waals surface area contributed by atoms with E-state index in [1.807, 2.05) is 0 Å². The number of hydrogen-bond acceptors (Lipinski definition) is 5. The Hall–Kier alpha value is -1.14. The van der Waals surface area contributed by atoms with Crippen LogP contribution in [0.1, 0.15) is 0 Å². The number of fused-ring (bicyclic) bond motifs is 1. The largest absolute Gasteiger partial charge is 0.341 e. The summed E-state index contributed by atoms with van der Waals surface area (Å²) in [6.45, 7) is 0. The number of nitrogens with one attached hydrogen (secondary N) is 1. The van der Waals surface area contributed by atoms with E-state index in [0.29, 0.717) is 16.5 Å². The van der Waals surface area contributed by atoms with Crippen molar-refractivity contribution in [2.24, 2.45) is 20.7 Å². The Bertz CT molecular complexity index is 302. The van der Waals surface area contributed by atoms with Gasteiger partial charge >= 0.3 is 0 Å². The molecule has 0 bridgehead atoms. The molecule has 2 aliphatic heterocycles. The van der Waals surface area contributed by atoms with Crippen LogP contribution in [0, 0.1) is 0 Å². The molecule has 0 unspecified atom stereocenters. The van der Waals surface area contributed by atoms with Gasteiger partial charge in [0.2, 0.25) is 0 Å². The predicted molar refractivity (Wildman–Crippen MR) is 47.1 cm³/mol. The van der Waals surface area contributed by atoms with E-state index < -0.39 is 6.29 Å². The molecule has 5 nitrogen and oxygen atoms in total. The molecule has 0 aromatic heterocycles. The van der Waals surface area contributed by atoms with Crippen LogP contribution in [-0.2, 0) is 0 Å². The summed E-state index contributed by atoms with van der Waals surface area (Å²) in [6.07, 6.45) is 0.937. The van der Waals surface area contributed by atoms with Gasteiger partial charge in [-0.1, -0.05) is 12.2 Å². The molecular weight excluding hydrogens is 162 g/mol. The highest BCUT2D eigenvalue weighted by atomic mass is 32.1. The van der Waals surface area contributed by atoms with Crippen molar-refractivity contribution in [2.75, 3.05) is 0 Å². The highest BCUT2D eigenvalue weighted by Gasteiger charge is 2.23. The van der Waals surface area contributed by atoms with E-state index >= 15 is 0 Å². The highest BCUT2D eigenvalue weighted by molar-refractivity contribution is 7.82. The molecule has 1 atom stereocenters. The number of amidine groups is 1. The molecule has 0 aliphatic carbocycles. The van der Waals surface area contributed by atoms with Gasteiger partial charge in [0.1, 0.15) is 17.0 Å². The first-order valence-electron chi connectivity index (χ1n) is 3.02. The monoisotopic (exact) mass is 167 g/mol. The normalized spacial score (nSPS) is 27.4. The van der Waals surface area contributed by atoms with Crippen LogP contribution in [0.25, 0.3) is 0 Å². The summed E-state index contributed by atoms with van der Waals surface area (Å²) in [5, 5.41) is 2.76. The van der Waals surface area contributed by atoms with Gasteiger partial charge in [-0.05, 0) is 0 Å². The highest BCUT2D eigenvalue weighted by Crippen LogP contribution is 2.02. The lowest BCUT2D eigenvalue weighted by molar-refractivity contribution is 0.672. The lowest BCUT2D eigenvalue weighted by Crippen LogP contribution is -2.48. The lowest BCUT2D eigenvalue weighted by atomic mass is 10.3. The zero-order chi connectivity index (χ0) is 7.84. The second kappa shape index (κ2) is 2.18. The summed E-state index contributed by atoms with van der Waals surface area (Å²) in [6, 6.07) is 0. The first kappa shape index (κ1) is 6.56. The van der Waals surface area contributed by atoms with Gasteiger partial charge in [0.15, 0.2) is 12.1 Å².